The Kier molecular flexibility index (Phi) is 8.67. The molecule has 2 atom stereocenters. The van der Waals surface area contributed by atoms with Crippen LogP contribution in [0.1, 0.15) is 55.0 Å². The quantitative estimate of drug-likeness (QED) is 0.0494. The van der Waals surface area contributed by atoms with Crippen LogP contribution in [0, 0.1) is 5.82 Å². The molecule has 0 radical (unpaired) electrons. The first-order valence-corrected chi connectivity index (χ1v) is 16.2. The summed E-state index contributed by atoms with van der Waals surface area (Å²) in [5, 5.41) is 20.3. The number of ether oxygens (including phenoxy) is 2. The zero-order valence-corrected chi connectivity index (χ0v) is 25.8. The molecule has 0 unspecified atom stereocenters. The maximum absolute atomic E-state index is 14.2. The molecule has 1 N–H and O–H groups in total. The Morgan fingerprint density at radius 2 is 1.98 bits per heavy atom. The normalized spacial score (nSPS) is 18.8. The number of carbonyl (C=O) groups excluding carboxylic acids is 2. The minimum atomic E-state index is -0.981. The van der Waals surface area contributed by atoms with Gasteiger partial charge in [-0.3, -0.25) is 14.5 Å². The Hall–Kier alpha value is -4.22. The van der Waals surface area contributed by atoms with E-state index in [1.807, 2.05) is 13.0 Å². The summed E-state index contributed by atoms with van der Waals surface area (Å²) in [6.07, 6.45) is 2.52. The van der Waals surface area contributed by atoms with Gasteiger partial charge in [-0.1, -0.05) is 66.8 Å². The number of hydrogen-bond donors (Lipinski definition) is 1. The number of hydrogen-bond acceptors (Lipinski definition) is 9. The summed E-state index contributed by atoms with van der Waals surface area (Å²) in [6.45, 7) is 4.56. The van der Waals surface area contributed by atoms with Crippen molar-refractivity contribution in [3.63, 3.8) is 0 Å². The van der Waals surface area contributed by atoms with Crippen LogP contribution in [-0.4, -0.2) is 39.7 Å². The fourth-order valence-electron chi connectivity index (χ4n) is 5.29. The molecule has 1 aromatic heterocycles. The van der Waals surface area contributed by atoms with E-state index in [1.54, 1.807) is 54.6 Å². The van der Waals surface area contributed by atoms with Crippen LogP contribution in [0.5, 0.6) is 11.5 Å². The van der Waals surface area contributed by atoms with Gasteiger partial charge in [0.05, 0.1) is 18.2 Å². The van der Waals surface area contributed by atoms with Crippen LogP contribution in [0.25, 0.3) is 5.76 Å². The summed E-state index contributed by atoms with van der Waals surface area (Å²) < 4.78 is 26.4. The molecule has 226 valence electrons. The lowest BCUT2D eigenvalue weighted by Gasteiger charge is -2.23. The van der Waals surface area contributed by atoms with Crippen molar-refractivity contribution in [3.05, 3.63) is 100 Å². The number of carbonyl (C=O) groups is 2. The number of ketones is 1. The number of unbranched alkanes of at least 4 members (excludes halogenated alkanes) is 1. The Labute approximate surface area is 262 Å². The molecule has 1 saturated heterocycles. The molecule has 3 aromatic carbocycles. The van der Waals surface area contributed by atoms with Crippen LogP contribution in [0.3, 0.4) is 0 Å². The van der Waals surface area contributed by atoms with Crippen LogP contribution in [-0.2, 0) is 21.8 Å². The summed E-state index contributed by atoms with van der Waals surface area (Å²) in [5.41, 5.74) is 2.37. The molecule has 8 nitrogen and oxygen atoms in total. The van der Waals surface area contributed by atoms with E-state index >= 15 is 0 Å². The molecule has 1 fully saturated rings. The highest BCUT2D eigenvalue weighted by molar-refractivity contribution is 8.00. The number of amides is 1. The third kappa shape index (κ3) is 5.94. The van der Waals surface area contributed by atoms with E-state index in [1.165, 1.54) is 22.7 Å². The zero-order chi connectivity index (χ0) is 30.8. The van der Waals surface area contributed by atoms with Gasteiger partial charge in [0, 0.05) is 17.7 Å². The zero-order valence-electron chi connectivity index (χ0n) is 24.2. The van der Waals surface area contributed by atoms with Crippen LogP contribution >= 0.6 is 23.1 Å². The van der Waals surface area contributed by atoms with Crippen molar-refractivity contribution in [3.8, 4) is 11.5 Å². The number of nitrogens with zero attached hydrogens (tertiary/aromatic N) is 3. The maximum Gasteiger partial charge on any atom is 0.301 e. The van der Waals surface area contributed by atoms with E-state index in [-0.39, 0.29) is 28.4 Å². The van der Waals surface area contributed by atoms with Crippen molar-refractivity contribution < 1.29 is 28.6 Å². The topological polar surface area (TPSA) is 102 Å². The van der Waals surface area contributed by atoms with E-state index in [4.69, 9.17) is 9.47 Å². The van der Waals surface area contributed by atoms with Gasteiger partial charge in [-0.15, -0.1) is 10.2 Å². The molecule has 0 bridgehead atoms. The molecule has 1 amide bonds. The Morgan fingerprint density at radius 3 is 2.80 bits per heavy atom. The SMILES string of the molecule is CCCCOc1cccc([C@H]2C(=C(O)c3ccc4c(c3)C[C@H](C)O4)C(=O)C(=O)N2c2nnc(SCc3ccccc3F)s2)c1. The average molecular weight is 632 g/mol. The van der Waals surface area contributed by atoms with Crippen LogP contribution < -0.4 is 14.4 Å². The number of anilines is 1. The van der Waals surface area contributed by atoms with Crippen molar-refractivity contribution in [2.24, 2.45) is 0 Å². The fraction of sp³-hybridized carbons (Fsp3) is 0.273. The lowest BCUT2D eigenvalue weighted by atomic mass is 9.94. The molecule has 11 heteroatoms. The van der Waals surface area contributed by atoms with Gasteiger partial charge in [-0.05, 0) is 66.4 Å². The number of benzene rings is 3. The molecule has 0 saturated carbocycles. The highest BCUT2D eigenvalue weighted by Gasteiger charge is 2.48. The fourth-order valence-corrected chi connectivity index (χ4v) is 7.15. The van der Waals surface area contributed by atoms with Gasteiger partial charge in [0.25, 0.3) is 5.78 Å². The number of rotatable bonds is 10. The minimum Gasteiger partial charge on any atom is -0.507 e. The number of thioether (sulfide) groups is 1. The number of fused-ring (bicyclic) bond motifs is 1. The minimum absolute atomic E-state index is 0.00581. The summed E-state index contributed by atoms with van der Waals surface area (Å²) in [6, 6.07) is 17.9. The molecule has 2 aliphatic rings. The highest BCUT2D eigenvalue weighted by Crippen LogP contribution is 2.45. The van der Waals surface area contributed by atoms with E-state index in [0.29, 0.717) is 45.6 Å². The molecule has 0 aliphatic carbocycles. The molecular weight excluding hydrogens is 602 g/mol. The third-order valence-corrected chi connectivity index (χ3v) is 9.57. The smallest absolute Gasteiger partial charge is 0.301 e. The van der Waals surface area contributed by atoms with Gasteiger partial charge in [0.15, 0.2) is 4.34 Å². The predicted molar refractivity (Wildman–Crippen MR) is 168 cm³/mol. The van der Waals surface area contributed by atoms with Crippen molar-refractivity contribution in [1.29, 1.82) is 0 Å². The van der Waals surface area contributed by atoms with Crippen molar-refractivity contribution >= 4 is 45.7 Å². The summed E-state index contributed by atoms with van der Waals surface area (Å²) in [5.74, 6) is -0.611. The first kappa shape index (κ1) is 29.8. The standard InChI is InChI=1S/C33H30FN3O5S2/c1-3-4-14-41-24-10-7-9-20(17-24)28-27(29(38)21-12-13-26-23(16-21)15-19(2)42-26)30(39)31(40)37(28)32-35-36-33(44-32)43-18-22-8-5-6-11-25(22)34/h5-13,16-17,19,28,38H,3-4,14-15,18H2,1-2H3/t19-,28-/m0/s1. The summed E-state index contributed by atoms with van der Waals surface area (Å²) in [4.78, 5) is 28.6. The van der Waals surface area contributed by atoms with Crippen LogP contribution in [0.2, 0.25) is 0 Å². The highest BCUT2D eigenvalue weighted by atomic mass is 32.2. The molecule has 3 heterocycles. The molecular formula is C33H30FN3O5S2. The number of Topliss-reactive ketones (excluding diaryl/α,β-unsaturated/α-hetero) is 1. The lowest BCUT2D eigenvalue weighted by Crippen LogP contribution is -2.29. The summed E-state index contributed by atoms with van der Waals surface area (Å²) in [7, 11) is 0. The molecule has 2 aliphatic heterocycles. The number of aliphatic hydroxyl groups is 1. The van der Waals surface area contributed by atoms with E-state index in [2.05, 4.69) is 17.1 Å². The van der Waals surface area contributed by atoms with Gasteiger partial charge >= 0.3 is 5.91 Å². The molecule has 6 rings (SSSR count). The van der Waals surface area contributed by atoms with Crippen molar-refractivity contribution in [1.82, 2.24) is 10.2 Å². The lowest BCUT2D eigenvalue weighted by molar-refractivity contribution is -0.132. The van der Waals surface area contributed by atoms with Crippen LogP contribution in [0.15, 0.2) is 76.6 Å². The molecule has 4 aromatic rings. The Balaban J connectivity index is 1.39. The first-order valence-electron chi connectivity index (χ1n) is 14.4. The second-order valence-corrected chi connectivity index (χ2v) is 12.8. The Morgan fingerprint density at radius 1 is 1.14 bits per heavy atom. The monoisotopic (exact) mass is 631 g/mol. The van der Waals surface area contributed by atoms with Crippen LogP contribution in [0.4, 0.5) is 9.52 Å². The van der Waals surface area contributed by atoms with Crippen molar-refractivity contribution in [2.75, 3.05) is 11.5 Å². The Bertz CT molecular complexity index is 1760. The maximum atomic E-state index is 14.2. The predicted octanol–water partition coefficient (Wildman–Crippen LogP) is 7.10. The number of aromatic nitrogens is 2. The largest absolute Gasteiger partial charge is 0.507 e. The van der Waals surface area contributed by atoms with Gasteiger partial charge in [0.1, 0.15) is 29.2 Å². The van der Waals surface area contributed by atoms with Gasteiger partial charge in [0.2, 0.25) is 5.13 Å². The third-order valence-electron chi connectivity index (χ3n) is 7.47. The van der Waals surface area contributed by atoms with E-state index in [9.17, 15) is 19.1 Å². The molecule has 0 spiro atoms. The number of halogens is 1. The van der Waals surface area contributed by atoms with Gasteiger partial charge in [-0.2, -0.15) is 0 Å². The molecule has 44 heavy (non-hydrogen) atoms. The van der Waals surface area contributed by atoms with Gasteiger partial charge < -0.3 is 14.6 Å². The second-order valence-electron chi connectivity index (χ2n) is 10.6. The van der Waals surface area contributed by atoms with Gasteiger partial charge in [-0.25, -0.2) is 4.39 Å². The number of aliphatic hydroxyl groups excluding tert-OH is 1. The average Bonchev–Trinajstić information content (AvgIpc) is 3.71. The van der Waals surface area contributed by atoms with E-state index < -0.39 is 17.7 Å². The van der Waals surface area contributed by atoms with E-state index in [0.717, 1.165) is 35.5 Å². The second kappa shape index (κ2) is 12.8. The van der Waals surface area contributed by atoms with Crippen molar-refractivity contribution in [2.45, 2.75) is 55.3 Å². The summed E-state index contributed by atoms with van der Waals surface area (Å²) >= 11 is 2.41. The first-order chi connectivity index (χ1) is 21.3.